The highest BCUT2D eigenvalue weighted by atomic mass is 16.5. The van der Waals surface area contributed by atoms with Crippen LogP contribution in [-0.2, 0) is 9.53 Å². The van der Waals surface area contributed by atoms with Crippen molar-refractivity contribution in [2.24, 2.45) is 11.8 Å². The molecule has 2 aliphatic rings. The zero-order chi connectivity index (χ0) is 15.2. The van der Waals surface area contributed by atoms with Crippen molar-refractivity contribution in [2.45, 2.75) is 45.1 Å². The third-order valence-corrected chi connectivity index (χ3v) is 4.63. The summed E-state index contributed by atoms with van der Waals surface area (Å²) in [6.45, 7) is 4.65. The molecule has 2 N–H and O–H groups in total. The van der Waals surface area contributed by atoms with E-state index in [1.54, 1.807) is 0 Å². The summed E-state index contributed by atoms with van der Waals surface area (Å²) in [4.78, 5) is 25.1. The van der Waals surface area contributed by atoms with Crippen LogP contribution in [0.15, 0.2) is 0 Å². The molecule has 0 aromatic heterocycles. The van der Waals surface area contributed by atoms with Gasteiger partial charge in [0.05, 0.1) is 6.61 Å². The van der Waals surface area contributed by atoms with Gasteiger partial charge in [-0.2, -0.15) is 0 Å². The molecule has 3 atom stereocenters. The molecule has 6 heteroatoms. The number of urea groups is 1. The van der Waals surface area contributed by atoms with Crippen LogP contribution in [0.4, 0.5) is 4.79 Å². The summed E-state index contributed by atoms with van der Waals surface area (Å²) in [6, 6.07) is -0.936. The Morgan fingerprint density at radius 1 is 1.33 bits per heavy atom. The standard InChI is InChI=1S/C15H26N2O4/c1-2-11-5-6-17(13(8-11)14(18)19)15(20)16-9-12-4-3-7-21-10-12/h11-13H,2-10H2,1H3,(H,16,20)(H,18,19). The molecule has 0 aromatic carbocycles. The first-order valence-electron chi connectivity index (χ1n) is 7.96. The highest BCUT2D eigenvalue weighted by Gasteiger charge is 2.35. The Labute approximate surface area is 125 Å². The van der Waals surface area contributed by atoms with Crippen molar-refractivity contribution in [3.8, 4) is 0 Å². The van der Waals surface area contributed by atoms with Crippen molar-refractivity contribution in [3.05, 3.63) is 0 Å². The maximum Gasteiger partial charge on any atom is 0.326 e. The second kappa shape index (κ2) is 7.64. The zero-order valence-corrected chi connectivity index (χ0v) is 12.7. The molecule has 2 rings (SSSR count). The van der Waals surface area contributed by atoms with E-state index < -0.39 is 12.0 Å². The van der Waals surface area contributed by atoms with E-state index in [9.17, 15) is 14.7 Å². The van der Waals surface area contributed by atoms with Crippen molar-refractivity contribution in [1.29, 1.82) is 0 Å². The first kappa shape index (κ1) is 16.1. The van der Waals surface area contributed by atoms with Crippen LogP contribution in [0.2, 0.25) is 0 Å². The summed E-state index contributed by atoms with van der Waals surface area (Å²) in [5, 5.41) is 12.2. The number of carboxylic acid groups (broad SMARTS) is 1. The quantitative estimate of drug-likeness (QED) is 0.828. The minimum atomic E-state index is -0.899. The molecule has 2 heterocycles. The van der Waals surface area contributed by atoms with Crippen molar-refractivity contribution >= 4 is 12.0 Å². The molecule has 0 aliphatic carbocycles. The highest BCUT2D eigenvalue weighted by molar-refractivity contribution is 5.82. The number of ether oxygens (including phenoxy) is 1. The summed E-state index contributed by atoms with van der Waals surface area (Å²) in [7, 11) is 0. The normalized spacial score (nSPS) is 30.0. The molecule has 3 unspecified atom stereocenters. The van der Waals surface area contributed by atoms with E-state index in [0.29, 0.717) is 38.0 Å². The number of carboxylic acids is 1. The van der Waals surface area contributed by atoms with E-state index in [1.165, 1.54) is 4.90 Å². The molecule has 2 saturated heterocycles. The van der Waals surface area contributed by atoms with Gasteiger partial charge < -0.3 is 20.1 Å². The molecule has 2 amide bonds. The van der Waals surface area contributed by atoms with Gasteiger partial charge in [0.15, 0.2) is 0 Å². The fourth-order valence-electron chi connectivity index (χ4n) is 3.19. The Hall–Kier alpha value is -1.30. The number of carbonyl (C=O) groups is 2. The maximum atomic E-state index is 12.3. The number of amides is 2. The Morgan fingerprint density at radius 2 is 2.14 bits per heavy atom. The van der Waals surface area contributed by atoms with E-state index in [0.717, 1.165) is 32.3 Å². The highest BCUT2D eigenvalue weighted by Crippen LogP contribution is 2.25. The Balaban J connectivity index is 1.85. The van der Waals surface area contributed by atoms with E-state index >= 15 is 0 Å². The van der Waals surface area contributed by atoms with Gasteiger partial charge >= 0.3 is 12.0 Å². The fraction of sp³-hybridized carbons (Fsp3) is 0.867. The van der Waals surface area contributed by atoms with Crippen LogP contribution in [0.25, 0.3) is 0 Å². The molecule has 0 radical (unpaired) electrons. The van der Waals surface area contributed by atoms with Gasteiger partial charge in [-0.25, -0.2) is 9.59 Å². The van der Waals surface area contributed by atoms with Crippen LogP contribution in [-0.4, -0.2) is 54.4 Å². The molecule has 0 aromatic rings. The SMILES string of the molecule is CCC1CCN(C(=O)NCC2CCCOC2)C(C(=O)O)C1. The summed E-state index contributed by atoms with van der Waals surface area (Å²) in [5.41, 5.74) is 0. The van der Waals surface area contributed by atoms with E-state index in [2.05, 4.69) is 12.2 Å². The van der Waals surface area contributed by atoms with Crippen molar-refractivity contribution < 1.29 is 19.4 Å². The monoisotopic (exact) mass is 298 g/mol. The van der Waals surface area contributed by atoms with E-state index in [4.69, 9.17) is 4.74 Å². The second-order valence-corrected chi connectivity index (χ2v) is 6.12. The molecule has 2 aliphatic heterocycles. The van der Waals surface area contributed by atoms with Crippen LogP contribution in [0.3, 0.4) is 0 Å². The van der Waals surface area contributed by atoms with Crippen molar-refractivity contribution in [3.63, 3.8) is 0 Å². The number of likely N-dealkylation sites (tertiary alicyclic amines) is 1. The second-order valence-electron chi connectivity index (χ2n) is 6.12. The first-order chi connectivity index (χ1) is 10.1. The molecular weight excluding hydrogens is 272 g/mol. The lowest BCUT2D eigenvalue weighted by atomic mass is 9.89. The number of hydrogen-bond donors (Lipinski definition) is 2. The number of rotatable bonds is 4. The molecule has 0 spiro atoms. The predicted octanol–water partition coefficient (Wildman–Crippen LogP) is 1.70. The van der Waals surface area contributed by atoms with Crippen molar-refractivity contribution in [1.82, 2.24) is 10.2 Å². The van der Waals surface area contributed by atoms with Gasteiger partial charge in [-0.1, -0.05) is 13.3 Å². The molecule has 21 heavy (non-hydrogen) atoms. The number of aliphatic carboxylic acids is 1. The summed E-state index contributed by atoms with van der Waals surface area (Å²) < 4.78 is 5.39. The molecular formula is C15H26N2O4. The van der Waals surface area contributed by atoms with Gasteiger partial charge in [-0.05, 0) is 37.5 Å². The van der Waals surface area contributed by atoms with Gasteiger partial charge in [0.1, 0.15) is 6.04 Å². The minimum absolute atomic E-state index is 0.248. The number of nitrogens with one attached hydrogen (secondary N) is 1. The van der Waals surface area contributed by atoms with Crippen LogP contribution in [0.1, 0.15) is 39.0 Å². The third kappa shape index (κ3) is 4.33. The van der Waals surface area contributed by atoms with E-state index in [-0.39, 0.29) is 6.03 Å². The smallest absolute Gasteiger partial charge is 0.326 e. The topological polar surface area (TPSA) is 78.9 Å². The first-order valence-corrected chi connectivity index (χ1v) is 7.96. The number of carbonyl (C=O) groups excluding carboxylic acids is 1. The van der Waals surface area contributed by atoms with Gasteiger partial charge in [0, 0.05) is 19.7 Å². The third-order valence-electron chi connectivity index (χ3n) is 4.63. The molecule has 6 nitrogen and oxygen atoms in total. The molecule has 120 valence electrons. The number of nitrogens with zero attached hydrogens (tertiary/aromatic N) is 1. The van der Waals surface area contributed by atoms with E-state index in [1.807, 2.05) is 0 Å². The molecule has 2 fully saturated rings. The molecule has 0 bridgehead atoms. The predicted molar refractivity (Wildman–Crippen MR) is 78.1 cm³/mol. The zero-order valence-electron chi connectivity index (χ0n) is 12.7. The van der Waals surface area contributed by atoms with Crippen LogP contribution in [0, 0.1) is 11.8 Å². The Morgan fingerprint density at radius 3 is 2.76 bits per heavy atom. The maximum absolute atomic E-state index is 12.3. The van der Waals surface area contributed by atoms with Gasteiger partial charge in [-0.3, -0.25) is 0 Å². The molecule has 0 saturated carbocycles. The average molecular weight is 298 g/mol. The van der Waals surface area contributed by atoms with Gasteiger partial charge in [0.25, 0.3) is 0 Å². The Bertz CT molecular complexity index is 369. The average Bonchev–Trinajstić information content (AvgIpc) is 2.52. The summed E-state index contributed by atoms with van der Waals surface area (Å²) in [5.74, 6) is -0.148. The van der Waals surface area contributed by atoms with Crippen LogP contribution < -0.4 is 5.32 Å². The lowest BCUT2D eigenvalue weighted by Crippen LogP contribution is -2.54. The van der Waals surface area contributed by atoms with Crippen molar-refractivity contribution in [2.75, 3.05) is 26.3 Å². The fourth-order valence-corrected chi connectivity index (χ4v) is 3.19. The van der Waals surface area contributed by atoms with Crippen LogP contribution >= 0.6 is 0 Å². The minimum Gasteiger partial charge on any atom is -0.480 e. The lowest BCUT2D eigenvalue weighted by molar-refractivity contribution is -0.144. The summed E-state index contributed by atoms with van der Waals surface area (Å²) >= 11 is 0. The summed E-state index contributed by atoms with van der Waals surface area (Å²) in [6.07, 6.45) is 4.51. The van der Waals surface area contributed by atoms with Gasteiger partial charge in [-0.15, -0.1) is 0 Å². The number of hydrogen-bond acceptors (Lipinski definition) is 3. The van der Waals surface area contributed by atoms with Crippen LogP contribution in [0.5, 0.6) is 0 Å². The largest absolute Gasteiger partial charge is 0.480 e. The lowest BCUT2D eigenvalue weighted by Gasteiger charge is -2.37. The van der Waals surface area contributed by atoms with Gasteiger partial charge in [0.2, 0.25) is 0 Å². The Kier molecular flexibility index (Phi) is 5.85. The number of piperidine rings is 1.